The molecule has 0 aliphatic heterocycles. The van der Waals surface area contributed by atoms with Gasteiger partial charge >= 0.3 is 0 Å². The van der Waals surface area contributed by atoms with Crippen molar-refractivity contribution < 1.29 is 4.79 Å². The highest BCUT2D eigenvalue weighted by atomic mass is 16.2. The molecule has 1 amide bonds. The van der Waals surface area contributed by atoms with Crippen molar-refractivity contribution in [3.8, 4) is 0 Å². The van der Waals surface area contributed by atoms with Gasteiger partial charge in [-0.15, -0.1) is 0 Å². The van der Waals surface area contributed by atoms with Gasteiger partial charge in [0.1, 0.15) is 0 Å². The lowest BCUT2D eigenvalue weighted by atomic mass is 9.87. The van der Waals surface area contributed by atoms with Gasteiger partial charge < -0.3 is 11.1 Å². The van der Waals surface area contributed by atoms with Gasteiger partial charge in [-0.1, -0.05) is 52.4 Å². The maximum Gasteiger partial charge on any atom is 0.237 e. The Balaban J connectivity index is 2.14. The van der Waals surface area contributed by atoms with Gasteiger partial charge in [-0.3, -0.25) is 4.79 Å². The van der Waals surface area contributed by atoms with E-state index < -0.39 is 0 Å². The topological polar surface area (TPSA) is 55.1 Å². The fraction of sp³-hybridized carbons (Fsp3) is 0.929. The van der Waals surface area contributed by atoms with Crippen molar-refractivity contribution in [3.63, 3.8) is 0 Å². The molecule has 0 radical (unpaired) electrons. The summed E-state index contributed by atoms with van der Waals surface area (Å²) in [7, 11) is 0. The van der Waals surface area contributed by atoms with E-state index in [2.05, 4.69) is 12.2 Å². The van der Waals surface area contributed by atoms with Crippen LogP contribution in [0.1, 0.15) is 58.8 Å². The van der Waals surface area contributed by atoms with Crippen molar-refractivity contribution in [1.29, 1.82) is 0 Å². The third-order valence-electron chi connectivity index (χ3n) is 4.14. The Labute approximate surface area is 106 Å². The molecular weight excluding hydrogens is 212 g/mol. The molecule has 3 heteroatoms. The molecule has 0 aromatic heterocycles. The van der Waals surface area contributed by atoms with E-state index in [1.54, 1.807) is 0 Å². The molecule has 0 bridgehead atoms. The minimum absolute atomic E-state index is 0.0233. The van der Waals surface area contributed by atoms with Gasteiger partial charge in [0.15, 0.2) is 0 Å². The summed E-state index contributed by atoms with van der Waals surface area (Å²) in [5, 5.41) is 2.98. The van der Waals surface area contributed by atoms with Crippen LogP contribution in [0.3, 0.4) is 0 Å². The zero-order chi connectivity index (χ0) is 12.7. The number of nitrogens with one attached hydrogen (secondary N) is 1. The van der Waals surface area contributed by atoms with Crippen LogP contribution in [0, 0.1) is 11.8 Å². The minimum atomic E-state index is -0.341. The molecule has 1 saturated carbocycles. The second-order valence-corrected chi connectivity index (χ2v) is 5.50. The largest absolute Gasteiger partial charge is 0.355 e. The lowest BCUT2D eigenvalue weighted by molar-refractivity contribution is -0.123. The summed E-state index contributed by atoms with van der Waals surface area (Å²) in [4.78, 5) is 11.7. The Morgan fingerprint density at radius 2 is 2.00 bits per heavy atom. The molecule has 2 unspecified atom stereocenters. The van der Waals surface area contributed by atoms with Crippen LogP contribution in [0.25, 0.3) is 0 Å². The summed E-state index contributed by atoms with van der Waals surface area (Å²) in [6, 6.07) is -0.341. The number of hydrogen-bond donors (Lipinski definition) is 2. The molecule has 0 aromatic carbocycles. The Morgan fingerprint density at radius 1 is 1.35 bits per heavy atom. The SMILES string of the molecule is CCC(C)C(N)C(=O)NCCC1CCCCC1. The second-order valence-electron chi connectivity index (χ2n) is 5.50. The number of nitrogens with two attached hydrogens (primary N) is 1. The number of amides is 1. The predicted molar refractivity (Wildman–Crippen MR) is 71.6 cm³/mol. The van der Waals surface area contributed by atoms with E-state index in [1.807, 2.05) is 6.92 Å². The first-order valence-corrected chi connectivity index (χ1v) is 7.18. The van der Waals surface area contributed by atoms with E-state index >= 15 is 0 Å². The van der Waals surface area contributed by atoms with E-state index in [4.69, 9.17) is 5.73 Å². The zero-order valence-corrected chi connectivity index (χ0v) is 11.4. The Morgan fingerprint density at radius 3 is 2.59 bits per heavy atom. The molecule has 1 fully saturated rings. The highest BCUT2D eigenvalue weighted by Crippen LogP contribution is 2.25. The third-order valence-corrected chi connectivity index (χ3v) is 4.14. The summed E-state index contributed by atoms with van der Waals surface area (Å²) in [5.41, 5.74) is 5.88. The maximum atomic E-state index is 11.7. The van der Waals surface area contributed by atoms with Crippen molar-refractivity contribution >= 4 is 5.91 Å². The lowest BCUT2D eigenvalue weighted by Crippen LogP contribution is -2.45. The molecule has 3 N–H and O–H groups in total. The molecule has 100 valence electrons. The van der Waals surface area contributed by atoms with Crippen LogP contribution in [0.5, 0.6) is 0 Å². The summed E-state index contributed by atoms with van der Waals surface area (Å²) in [5.74, 6) is 1.11. The molecule has 1 rings (SSSR count). The lowest BCUT2D eigenvalue weighted by Gasteiger charge is -2.22. The number of carbonyl (C=O) groups excluding carboxylic acids is 1. The van der Waals surface area contributed by atoms with Gasteiger partial charge in [0.25, 0.3) is 0 Å². The molecule has 3 nitrogen and oxygen atoms in total. The maximum absolute atomic E-state index is 11.7. The molecule has 0 spiro atoms. The van der Waals surface area contributed by atoms with Crippen molar-refractivity contribution in [1.82, 2.24) is 5.32 Å². The quantitative estimate of drug-likeness (QED) is 0.749. The van der Waals surface area contributed by atoms with Crippen molar-refractivity contribution in [2.45, 2.75) is 64.8 Å². The average Bonchev–Trinajstić information content (AvgIpc) is 2.38. The Hall–Kier alpha value is -0.570. The van der Waals surface area contributed by atoms with Crippen LogP contribution < -0.4 is 11.1 Å². The van der Waals surface area contributed by atoms with Gasteiger partial charge in [0.05, 0.1) is 6.04 Å². The first-order valence-electron chi connectivity index (χ1n) is 7.18. The van der Waals surface area contributed by atoms with Gasteiger partial charge in [-0.05, 0) is 18.3 Å². The summed E-state index contributed by atoms with van der Waals surface area (Å²) in [6.45, 7) is 4.90. The summed E-state index contributed by atoms with van der Waals surface area (Å²) >= 11 is 0. The molecular formula is C14H28N2O. The molecule has 0 saturated heterocycles. The molecule has 1 aliphatic carbocycles. The fourth-order valence-corrected chi connectivity index (χ4v) is 2.51. The summed E-state index contributed by atoms with van der Waals surface area (Å²) in [6.07, 6.45) is 8.88. The second kappa shape index (κ2) is 7.70. The normalized spacial score (nSPS) is 20.9. The molecule has 1 aliphatic rings. The van der Waals surface area contributed by atoms with Crippen LogP contribution in [0.15, 0.2) is 0 Å². The van der Waals surface area contributed by atoms with Crippen LogP contribution in [0.4, 0.5) is 0 Å². The van der Waals surface area contributed by atoms with Gasteiger partial charge in [0, 0.05) is 6.54 Å². The van der Waals surface area contributed by atoms with E-state index in [9.17, 15) is 4.79 Å². The highest BCUT2D eigenvalue weighted by molar-refractivity contribution is 5.81. The third kappa shape index (κ3) is 5.07. The number of hydrogen-bond acceptors (Lipinski definition) is 2. The van der Waals surface area contributed by atoms with Crippen molar-refractivity contribution in [2.24, 2.45) is 17.6 Å². The van der Waals surface area contributed by atoms with Crippen molar-refractivity contribution in [2.75, 3.05) is 6.54 Å². The number of carbonyl (C=O) groups is 1. The standard InChI is InChI=1S/C14H28N2O/c1-3-11(2)13(15)14(17)16-10-9-12-7-5-4-6-8-12/h11-13H,3-10,15H2,1-2H3,(H,16,17). The Bertz CT molecular complexity index is 224. The molecule has 17 heavy (non-hydrogen) atoms. The number of rotatable bonds is 6. The summed E-state index contributed by atoms with van der Waals surface area (Å²) < 4.78 is 0. The van der Waals surface area contributed by atoms with Crippen molar-refractivity contribution in [3.05, 3.63) is 0 Å². The van der Waals surface area contributed by atoms with Crippen LogP contribution in [0.2, 0.25) is 0 Å². The first-order chi connectivity index (χ1) is 8.15. The smallest absolute Gasteiger partial charge is 0.237 e. The zero-order valence-electron chi connectivity index (χ0n) is 11.4. The molecule has 0 aromatic rings. The molecule has 2 atom stereocenters. The minimum Gasteiger partial charge on any atom is -0.355 e. The van der Waals surface area contributed by atoms with Crippen LogP contribution in [-0.2, 0) is 4.79 Å². The van der Waals surface area contributed by atoms with E-state index in [1.165, 1.54) is 32.1 Å². The van der Waals surface area contributed by atoms with E-state index in [-0.39, 0.29) is 17.9 Å². The first kappa shape index (κ1) is 14.5. The van der Waals surface area contributed by atoms with Gasteiger partial charge in [-0.25, -0.2) is 0 Å². The van der Waals surface area contributed by atoms with Gasteiger partial charge in [0.2, 0.25) is 5.91 Å². The Kier molecular flexibility index (Phi) is 6.56. The average molecular weight is 240 g/mol. The monoisotopic (exact) mass is 240 g/mol. The van der Waals surface area contributed by atoms with Crippen LogP contribution in [-0.4, -0.2) is 18.5 Å². The highest BCUT2D eigenvalue weighted by Gasteiger charge is 2.19. The van der Waals surface area contributed by atoms with Gasteiger partial charge in [-0.2, -0.15) is 0 Å². The fourth-order valence-electron chi connectivity index (χ4n) is 2.51. The predicted octanol–water partition coefficient (Wildman–Crippen LogP) is 2.45. The van der Waals surface area contributed by atoms with E-state index in [0.29, 0.717) is 0 Å². The van der Waals surface area contributed by atoms with Crippen LogP contribution >= 0.6 is 0 Å². The molecule has 0 heterocycles. The van der Waals surface area contributed by atoms with E-state index in [0.717, 1.165) is 25.3 Å².